The molecule has 1 aliphatic carbocycles. The zero-order valence-electron chi connectivity index (χ0n) is 14.5. The number of hydrogen-bond donors (Lipinski definition) is 2. The Balaban J connectivity index is 1.79. The normalized spacial score (nSPS) is 13.0. The maximum atomic E-state index is 13.0. The van der Waals surface area contributed by atoms with E-state index in [-0.39, 0.29) is 39.4 Å². The van der Waals surface area contributed by atoms with Crippen LogP contribution in [0.1, 0.15) is 31.8 Å². The van der Waals surface area contributed by atoms with E-state index >= 15 is 0 Å². The number of phenolic OH excluding ortho intramolecular Hbond substituents is 1. The van der Waals surface area contributed by atoms with Gasteiger partial charge in [0.15, 0.2) is 17.3 Å². The topological polar surface area (TPSA) is 124 Å². The first kappa shape index (κ1) is 18.6. The number of rotatable bonds is 3. The van der Waals surface area contributed by atoms with E-state index in [1.807, 2.05) is 0 Å². The van der Waals surface area contributed by atoms with Crippen LogP contribution in [-0.2, 0) is 10.2 Å². The number of halogens is 1. The summed E-state index contributed by atoms with van der Waals surface area (Å²) in [5, 5.41) is 10.4. The van der Waals surface area contributed by atoms with Crippen LogP contribution in [0.4, 0.5) is 9.57 Å². The summed E-state index contributed by atoms with van der Waals surface area (Å²) in [7, 11) is -4.86. The summed E-state index contributed by atoms with van der Waals surface area (Å²) in [5.41, 5.74) is 5.84. The molecule has 7 nitrogen and oxygen atoms in total. The van der Waals surface area contributed by atoms with Crippen LogP contribution in [0.3, 0.4) is 0 Å². The molecule has 0 saturated carbocycles. The minimum absolute atomic E-state index is 0.0819. The molecule has 29 heavy (non-hydrogen) atoms. The minimum atomic E-state index is -4.86. The highest BCUT2D eigenvalue weighted by Gasteiger charge is 2.35. The van der Waals surface area contributed by atoms with Crippen LogP contribution < -0.4 is 10.5 Å². The van der Waals surface area contributed by atoms with Crippen LogP contribution in [0, 0.1) is 0 Å². The number of hydrogen-bond acceptors (Lipinski definition) is 7. The van der Waals surface area contributed by atoms with Crippen LogP contribution in [0.5, 0.6) is 17.2 Å². The van der Waals surface area contributed by atoms with Gasteiger partial charge in [0.05, 0.1) is 21.7 Å². The number of nitrogen functional groups attached to an aromatic ring is 1. The molecule has 0 aliphatic heterocycles. The minimum Gasteiger partial charge on any atom is -0.507 e. The lowest BCUT2D eigenvalue weighted by Gasteiger charge is -2.21. The predicted molar refractivity (Wildman–Crippen MR) is 101 cm³/mol. The molecular weight excluding hydrogens is 401 g/mol. The van der Waals surface area contributed by atoms with E-state index in [1.54, 1.807) is 12.1 Å². The molecule has 3 N–H and O–H groups in total. The van der Waals surface area contributed by atoms with Gasteiger partial charge in [-0.2, -0.15) is 8.42 Å². The van der Waals surface area contributed by atoms with Crippen molar-refractivity contribution in [3.8, 4) is 17.2 Å². The predicted octanol–water partition coefficient (Wildman–Crippen LogP) is 3.20. The average Bonchev–Trinajstić information content (AvgIpc) is 2.68. The zero-order chi connectivity index (χ0) is 20.9. The van der Waals surface area contributed by atoms with E-state index in [9.17, 15) is 27.0 Å². The number of carbonyl (C=O) groups excluding carboxylic acids is 2. The highest BCUT2D eigenvalue weighted by molar-refractivity contribution is 7.86. The van der Waals surface area contributed by atoms with Crippen molar-refractivity contribution < 1.29 is 31.7 Å². The number of fused-ring (bicyclic) bond motifs is 2. The maximum absolute atomic E-state index is 13.0. The fraction of sp³-hybridized carbons (Fsp3) is 0. The number of ether oxygens (including phenoxy) is 1. The van der Waals surface area contributed by atoms with Crippen LogP contribution in [0.25, 0.3) is 0 Å². The van der Waals surface area contributed by atoms with Crippen molar-refractivity contribution in [3.05, 3.63) is 76.9 Å². The molecule has 0 atom stereocenters. The molecule has 1 aliphatic rings. The Bertz CT molecular complexity index is 1300. The summed E-state index contributed by atoms with van der Waals surface area (Å²) in [5.74, 6) is -1.59. The lowest BCUT2D eigenvalue weighted by atomic mass is 9.82. The standard InChI is InChI=1S/C20H12FNO6S/c21-29(26,27)11-7-5-10(6-8-11)28-15-9-14(23)16-17(18(15)22)20(25)13-4-2-1-3-12(13)19(16)24/h1-9,23H,22H2. The number of phenols is 1. The van der Waals surface area contributed by atoms with Gasteiger partial charge in [-0.25, -0.2) is 0 Å². The third kappa shape index (κ3) is 3.01. The SMILES string of the molecule is Nc1c(Oc2ccc(S(=O)(=O)F)cc2)cc(O)c2c1C(=O)c1ccccc1C2=O. The molecule has 0 amide bonds. The van der Waals surface area contributed by atoms with E-state index < -0.39 is 32.4 Å². The summed E-state index contributed by atoms with van der Waals surface area (Å²) in [6.45, 7) is 0. The Hall–Kier alpha value is -3.72. The molecule has 4 rings (SSSR count). The van der Waals surface area contributed by atoms with Gasteiger partial charge in [0.1, 0.15) is 11.5 Å². The van der Waals surface area contributed by atoms with Gasteiger partial charge in [-0.05, 0) is 24.3 Å². The van der Waals surface area contributed by atoms with E-state index in [2.05, 4.69) is 0 Å². The van der Waals surface area contributed by atoms with Crippen LogP contribution in [0.15, 0.2) is 59.5 Å². The van der Waals surface area contributed by atoms with Gasteiger partial charge in [-0.1, -0.05) is 24.3 Å². The fourth-order valence-electron chi connectivity index (χ4n) is 3.16. The molecule has 9 heteroatoms. The summed E-state index contributed by atoms with van der Waals surface area (Å²) < 4.78 is 40.3. The van der Waals surface area contributed by atoms with Gasteiger partial charge in [-0.3, -0.25) is 9.59 Å². The first-order chi connectivity index (χ1) is 13.7. The van der Waals surface area contributed by atoms with E-state index in [0.717, 1.165) is 18.2 Å². The Morgan fingerprint density at radius 3 is 2.00 bits per heavy atom. The van der Waals surface area contributed by atoms with Gasteiger partial charge in [-0.15, -0.1) is 3.89 Å². The first-order valence-corrected chi connectivity index (χ1v) is 9.63. The van der Waals surface area contributed by atoms with Gasteiger partial charge < -0.3 is 15.6 Å². The number of nitrogens with two attached hydrogens (primary N) is 1. The average molecular weight is 413 g/mol. The molecule has 0 aromatic heterocycles. The highest BCUT2D eigenvalue weighted by atomic mass is 32.3. The summed E-state index contributed by atoms with van der Waals surface area (Å²) in [6, 6.07) is 11.6. The molecule has 0 unspecified atom stereocenters. The van der Waals surface area contributed by atoms with Crippen molar-refractivity contribution in [2.24, 2.45) is 0 Å². The van der Waals surface area contributed by atoms with Crippen molar-refractivity contribution in [1.29, 1.82) is 0 Å². The monoisotopic (exact) mass is 413 g/mol. The third-order valence-electron chi connectivity index (χ3n) is 4.51. The quantitative estimate of drug-likeness (QED) is 0.300. The van der Waals surface area contributed by atoms with Gasteiger partial charge in [0.25, 0.3) is 0 Å². The van der Waals surface area contributed by atoms with Crippen LogP contribution >= 0.6 is 0 Å². The lowest BCUT2D eigenvalue weighted by Crippen LogP contribution is -2.22. The van der Waals surface area contributed by atoms with Crippen molar-refractivity contribution in [3.63, 3.8) is 0 Å². The van der Waals surface area contributed by atoms with E-state index in [4.69, 9.17) is 10.5 Å². The van der Waals surface area contributed by atoms with Gasteiger partial charge >= 0.3 is 10.2 Å². The highest BCUT2D eigenvalue weighted by Crippen LogP contribution is 2.42. The smallest absolute Gasteiger partial charge is 0.332 e. The van der Waals surface area contributed by atoms with Crippen molar-refractivity contribution in [2.75, 3.05) is 5.73 Å². The Morgan fingerprint density at radius 1 is 0.897 bits per heavy atom. The number of benzene rings is 3. The Morgan fingerprint density at radius 2 is 1.45 bits per heavy atom. The molecule has 0 bridgehead atoms. The first-order valence-electron chi connectivity index (χ1n) is 8.25. The van der Waals surface area contributed by atoms with Crippen molar-refractivity contribution in [2.45, 2.75) is 4.90 Å². The number of ketones is 2. The van der Waals surface area contributed by atoms with Crippen molar-refractivity contribution in [1.82, 2.24) is 0 Å². The molecular formula is C20H12FNO6S. The largest absolute Gasteiger partial charge is 0.507 e. The summed E-state index contributed by atoms with van der Waals surface area (Å²) in [4.78, 5) is 25.1. The number of aromatic hydroxyl groups is 1. The number of carbonyl (C=O) groups is 2. The Labute approximate surface area is 164 Å². The second kappa shape index (κ2) is 6.42. The van der Waals surface area contributed by atoms with Crippen molar-refractivity contribution >= 4 is 27.5 Å². The summed E-state index contributed by atoms with van der Waals surface area (Å²) in [6.07, 6.45) is 0. The Kier molecular flexibility index (Phi) is 4.12. The fourth-order valence-corrected chi connectivity index (χ4v) is 3.62. The van der Waals surface area contributed by atoms with Gasteiger partial charge in [0, 0.05) is 17.2 Å². The molecule has 0 radical (unpaired) electrons. The molecule has 0 saturated heterocycles. The molecule has 146 valence electrons. The van der Waals surface area contributed by atoms with E-state index in [1.165, 1.54) is 24.3 Å². The lowest BCUT2D eigenvalue weighted by molar-refractivity contribution is 0.0977. The number of anilines is 1. The molecule has 3 aromatic rings. The van der Waals surface area contributed by atoms with Crippen LogP contribution in [0.2, 0.25) is 0 Å². The summed E-state index contributed by atoms with van der Waals surface area (Å²) >= 11 is 0. The second-order valence-corrected chi connectivity index (χ2v) is 7.62. The molecule has 0 spiro atoms. The van der Waals surface area contributed by atoms with Gasteiger partial charge in [0.2, 0.25) is 0 Å². The van der Waals surface area contributed by atoms with E-state index in [0.29, 0.717) is 0 Å². The second-order valence-electron chi connectivity index (χ2n) is 6.27. The molecule has 0 heterocycles. The third-order valence-corrected chi connectivity index (χ3v) is 5.35. The zero-order valence-corrected chi connectivity index (χ0v) is 15.4. The molecule has 0 fully saturated rings. The van der Waals surface area contributed by atoms with Crippen LogP contribution in [-0.4, -0.2) is 25.1 Å². The maximum Gasteiger partial charge on any atom is 0.332 e. The molecule has 3 aromatic carbocycles.